The Morgan fingerprint density at radius 3 is 2.00 bits per heavy atom. The molecule has 0 unspecified atom stereocenters. The average Bonchev–Trinajstić information content (AvgIpc) is 2.42. The van der Waals surface area contributed by atoms with E-state index >= 15 is 0 Å². The maximum atomic E-state index is 12.1. The van der Waals surface area contributed by atoms with Crippen molar-refractivity contribution in [2.24, 2.45) is 0 Å². The lowest BCUT2D eigenvalue weighted by Crippen LogP contribution is -2.26. The number of urea groups is 1. The molecule has 0 aliphatic rings. The number of thiol groups is 1. The number of nitrogens with one attached hydrogen (secondary N) is 1. The monoisotopic (exact) mass is 396 g/mol. The van der Waals surface area contributed by atoms with Gasteiger partial charge in [0.2, 0.25) is 0 Å². The first kappa shape index (κ1) is 17.4. The summed E-state index contributed by atoms with van der Waals surface area (Å²) in [5, 5.41) is 12.8. The number of aromatic hydroxyl groups is 1. The Balaban J connectivity index is 2.22. The summed E-state index contributed by atoms with van der Waals surface area (Å²) >= 11 is 27.4. The molecule has 2 amide bonds. The summed E-state index contributed by atoms with van der Waals surface area (Å²) in [6, 6.07) is 6.71. The van der Waals surface area contributed by atoms with E-state index in [-0.39, 0.29) is 21.5 Å². The zero-order valence-corrected chi connectivity index (χ0v) is 14.6. The van der Waals surface area contributed by atoms with Gasteiger partial charge in [0.25, 0.3) is 0 Å². The van der Waals surface area contributed by atoms with Crippen molar-refractivity contribution in [3.8, 4) is 5.75 Å². The number of rotatable bonds is 2. The van der Waals surface area contributed by atoms with E-state index in [9.17, 15) is 9.90 Å². The Bertz CT molecular complexity index is 699. The molecular weight excluding hydrogens is 390 g/mol. The van der Waals surface area contributed by atoms with Crippen LogP contribution < -0.4 is 9.62 Å². The molecule has 0 bridgehead atoms. The van der Waals surface area contributed by atoms with Crippen molar-refractivity contribution in [2.75, 3.05) is 9.62 Å². The zero-order chi connectivity index (χ0) is 16.4. The molecule has 2 aromatic carbocycles. The van der Waals surface area contributed by atoms with Gasteiger partial charge in [0.05, 0.1) is 15.7 Å². The smallest absolute Gasteiger partial charge is 0.336 e. The Morgan fingerprint density at radius 1 is 1.00 bits per heavy atom. The molecule has 0 atom stereocenters. The number of hydrogen-bond donors (Lipinski definition) is 3. The van der Waals surface area contributed by atoms with Gasteiger partial charge in [-0.3, -0.25) is 0 Å². The molecule has 0 saturated carbocycles. The van der Waals surface area contributed by atoms with Gasteiger partial charge in [0, 0.05) is 15.7 Å². The first-order valence-corrected chi connectivity index (χ1v) is 7.63. The van der Waals surface area contributed by atoms with Gasteiger partial charge >= 0.3 is 6.03 Å². The molecule has 116 valence electrons. The van der Waals surface area contributed by atoms with Gasteiger partial charge in [0.15, 0.2) is 5.75 Å². The molecule has 2 aromatic rings. The van der Waals surface area contributed by atoms with Crippen LogP contribution in [0.4, 0.5) is 16.2 Å². The van der Waals surface area contributed by atoms with Gasteiger partial charge in [-0.2, -0.15) is 0 Å². The minimum Gasteiger partial charge on any atom is -0.505 e. The van der Waals surface area contributed by atoms with Crippen LogP contribution in [0.1, 0.15) is 0 Å². The van der Waals surface area contributed by atoms with E-state index in [1.807, 2.05) is 0 Å². The van der Waals surface area contributed by atoms with Crippen LogP contribution in [0.5, 0.6) is 5.75 Å². The third kappa shape index (κ3) is 4.06. The van der Waals surface area contributed by atoms with Gasteiger partial charge in [-0.15, -0.1) is 0 Å². The van der Waals surface area contributed by atoms with Gasteiger partial charge < -0.3 is 10.4 Å². The van der Waals surface area contributed by atoms with Crippen LogP contribution in [-0.4, -0.2) is 11.1 Å². The van der Waals surface area contributed by atoms with Crippen LogP contribution in [0.2, 0.25) is 20.1 Å². The fourth-order valence-electron chi connectivity index (χ4n) is 1.59. The van der Waals surface area contributed by atoms with E-state index in [4.69, 9.17) is 46.4 Å². The second-order valence-corrected chi connectivity index (χ2v) is 6.25. The minimum absolute atomic E-state index is 0.000139. The van der Waals surface area contributed by atoms with Crippen molar-refractivity contribution in [3.63, 3.8) is 0 Å². The molecule has 0 aromatic heterocycles. The second-order valence-electron chi connectivity index (χ2n) is 4.16. The molecule has 9 heteroatoms. The normalized spacial score (nSPS) is 10.4. The highest BCUT2D eigenvalue weighted by Crippen LogP contribution is 2.36. The molecular formula is C13H8Cl4N2O2S. The van der Waals surface area contributed by atoms with Crippen LogP contribution in [0.15, 0.2) is 30.3 Å². The predicted molar refractivity (Wildman–Crippen MR) is 95.1 cm³/mol. The van der Waals surface area contributed by atoms with E-state index in [0.29, 0.717) is 15.7 Å². The first-order chi connectivity index (χ1) is 10.3. The zero-order valence-electron chi connectivity index (χ0n) is 10.6. The number of benzene rings is 2. The molecule has 0 radical (unpaired) electrons. The minimum atomic E-state index is -0.584. The number of carbonyl (C=O) groups is 1. The molecule has 0 saturated heterocycles. The third-order valence-electron chi connectivity index (χ3n) is 2.55. The molecule has 0 aliphatic carbocycles. The Kier molecular flexibility index (Phi) is 5.58. The van der Waals surface area contributed by atoms with Crippen LogP contribution in [0, 0.1) is 0 Å². The van der Waals surface area contributed by atoms with Gasteiger partial charge in [0.1, 0.15) is 0 Å². The van der Waals surface area contributed by atoms with E-state index < -0.39 is 6.03 Å². The number of anilines is 2. The second kappa shape index (κ2) is 7.06. The Labute approximate surface area is 152 Å². The molecule has 22 heavy (non-hydrogen) atoms. The molecule has 0 heterocycles. The standard InChI is InChI=1S/C13H8Cl4N2O2S/c14-6-1-7(15)3-8(2-6)18-13(21)19(22)9-4-10(16)12(20)11(17)5-9/h1-5,20,22H,(H,18,21). The average molecular weight is 398 g/mol. The SMILES string of the molecule is O=C(Nc1cc(Cl)cc(Cl)c1)N(S)c1cc(Cl)c(O)c(Cl)c1. The Morgan fingerprint density at radius 2 is 1.50 bits per heavy atom. The fourth-order valence-corrected chi connectivity index (χ4v) is 2.76. The summed E-state index contributed by atoms with van der Waals surface area (Å²) in [6.07, 6.45) is 0. The van der Waals surface area contributed by atoms with Crippen molar-refractivity contribution in [2.45, 2.75) is 0 Å². The van der Waals surface area contributed by atoms with Crippen molar-refractivity contribution in [1.82, 2.24) is 0 Å². The van der Waals surface area contributed by atoms with Crippen molar-refractivity contribution in [3.05, 3.63) is 50.4 Å². The first-order valence-electron chi connectivity index (χ1n) is 5.72. The number of halogens is 4. The van der Waals surface area contributed by atoms with E-state index in [1.54, 1.807) is 0 Å². The predicted octanol–water partition coefficient (Wildman–Crippen LogP) is 5.89. The van der Waals surface area contributed by atoms with E-state index in [1.165, 1.54) is 30.3 Å². The number of nitrogens with zero attached hydrogens (tertiary/aromatic N) is 1. The molecule has 0 spiro atoms. The van der Waals surface area contributed by atoms with Crippen molar-refractivity contribution in [1.29, 1.82) is 0 Å². The number of amides is 2. The van der Waals surface area contributed by atoms with Crippen LogP contribution in [0.3, 0.4) is 0 Å². The number of phenols is 1. The fraction of sp³-hybridized carbons (Fsp3) is 0. The summed E-state index contributed by atoms with van der Waals surface area (Å²) in [7, 11) is 0. The highest BCUT2D eigenvalue weighted by molar-refractivity contribution is 7.82. The summed E-state index contributed by atoms with van der Waals surface area (Å²) in [5.41, 5.74) is 0.680. The third-order valence-corrected chi connectivity index (χ3v) is 3.98. The van der Waals surface area contributed by atoms with Crippen LogP contribution >= 0.6 is 59.2 Å². The van der Waals surface area contributed by atoms with Gasteiger partial charge in [-0.25, -0.2) is 9.10 Å². The van der Waals surface area contributed by atoms with Crippen LogP contribution in [-0.2, 0) is 0 Å². The van der Waals surface area contributed by atoms with Gasteiger partial charge in [-0.05, 0) is 30.3 Å². The summed E-state index contributed by atoms with van der Waals surface area (Å²) in [4.78, 5) is 12.1. The number of carbonyl (C=O) groups excluding carboxylic acids is 1. The summed E-state index contributed by atoms with van der Waals surface area (Å²) in [6.45, 7) is 0. The quantitative estimate of drug-likeness (QED) is 0.553. The largest absolute Gasteiger partial charge is 0.505 e. The lowest BCUT2D eigenvalue weighted by Gasteiger charge is -2.18. The highest BCUT2D eigenvalue weighted by Gasteiger charge is 2.16. The topological polar surface area (TPSA) is 52.6 Å². The number of hydrogen-bond acceptors (Lipinski definition) is 3. The lowest BCUT2D eigenvalue weighted by atomic mass is 10.3. The van der Waals surface area contributed by atoms with E-state index in [0.717, 1.165) is 4.31 Å². The van der Waals surface area contributed by atoms with Crippen LogP contribution in [0.25, 0.3) is 0 Å². The lowest BCUT2D eigenvalue weighted by molar-refractivity contribution is 0.260. The Hall–Kier alpha value is -0.980. The van der Waals surface area contributed by atoms with E-state index in [2.05, 4.69) is 18.1 Å². The highest BCUT2D eigenvalue weighted by atomic mass is 35.5. The maximum Gasteiger partial charge on any atom is 0.336 e. The molecule has 2 rings (SSSR count). The number of phenolic OH excluding ortho intramolecular Hbond substituents is 1. The molecule has 4 nitrogen and oxygen atoms in total. The molecule has 0 aliphatic heterocycles. The van der Waals surface area contributed by atoms with Crippen molar-refractivity contribution >= 4 is 76.6 Å². The summed E-state index contributed by atoms with van der Waals surface area (Å²) in [5.74, 6) is -0.268. The maximum absolute atomic E-state index is 12.1. The molecule has 0 fully saturated rings. The molecule has 2 N–H and O–H groups in total. The van der Waals surface area contributed by atoms with Crippen molar-refractivity contribution < 1.29 is 9.90 Å². The summed E-state index contributed by atoms with van der Waals surface area (Å²) < 4.78 is 0.978. The van der Waals surface area contributed by atoms with Gasteiger partial charge in [-0.1, -0.05) is 59.2 Å².